The molecule has 0 radical (unpaired) electrons. The second-order valence-electron chi connectivity index (χ2n) is 11.9. The molecule has 1 aromatic heterocycles. The van der Waals surface area contributed by atoms with Gasteiger partial charge < -0.3 is 34.8 Å². The maximum Gasteiger partial charge on any atom is 0.323 e. The van der Waals surface area contributed by atoms with Crippen LogP contribution < -0.4 is 20.4 Å². The molecule has 10 nitrogen and oxygen atoms in total. The molecule has 3 fully saturated rings. The summed E-state index contributed by atoms with van der Waals surface area (Å²) in [6.45, 7) is 8.33. The highest BCUT2D eigenvalue weighted by Gasteiger charge is 2.40. The van der Waals surface area contributed by atoms with E-state index in [0.717, 1.165) is 68.5 Å². The normalized spacial score (nSPS) is 23.5. The summed E-state index contributed by atoms with van der Waals surface area (Å²) in [4.78, 5) is 29.5. The van der Waals surface area contributed by atoms with Crippen LogP contribution in [-0.4, -0.2) is 85.6 Å². The Kier molecular flexibility index (Phi) is 8.28. The number of nitrogens with zero attached hydrogens (tertiary/aromatic N) is 5. The van der Waals surface area contributed by atoms with Gasteiger partial charge in [0.1, 0.15) is 11.6 Å². The van der Waals surface area contributed by atoms with Crippen LogP contribution in [0.25, 0.3) is 11.4 Å². The number of hydrogen-bond acceptors (Lipinski definition) is 8. The zero-order valence-corrected chi connectivity index (χ0v) is 24.9. The minimum atomic E-state index is -0.290. The van der Waals surface area contributed by atoms with E-state index < -0.39 is 0 Å². The van der Waals surface area contributed by atoms with E-state index in [1.165, 1.54) is 5.56 Å². The fraction of sp³-hybridized carbons (Fsp3) is 0.469. The second kappa shape index (κ2) is 12.2. The van der Waals surface area contributed by atoms with Gasteiger partial charge in [-0.2, -0.15) is 0 Å². The van der Waals surface area contributed by atoms with Crippen molar-refractivity contribution in [2.75, 3.05) is 60.8 Å². The number of urea groups is 1. The summed E-state index contributed by atoms with van der Waals surface area (Å²) in [5, 5.41) is 5.83. The third kappa shape index (κ3) is 6.51. The van der Waals surface area contributed by atoms with Crippen LogP contribution in [0, 0.1) is 0 Å². The minimum Gasteiger partial charge on any atom is -0.374 e. The molecule has 0 aliphatic carbocycles. The maximum atomic E-state index is 12.7. The summed E-state index contributed by atoms with van der Waals surface area (Å²) < 4.78 is 12.0. The first kappa shape index (κ1) is 28.4. The average molecular weight is 572 g/mol. The van der Waals surface area contributed by atoms with Gasteiger partial charge in [0.15, 0.2) is 5.82 Å². The third-order valence-corrected chi connectivity index (χ3v) is 8.11. The van der Waals surface area contributed by atoms with E-state index in [9.17, 15) is 4.79 Å². The van der Waals surface area contributed by atoms with Crippen molar-refractivity contribution < 1.29 is 14.3 Å². The van der Waals surface area contributed by atoms with Crippen molar-refractivity contribution >= 4 is 29.0 Å². The lowest BCUT2D eigenvalue weighted by Crippen LogP contribution is -2.47. The Morgan fingerprint density at radius 1 is 0.976 bits per heavy atom. The van der Waals surface area contributed by atoms with Crippen molar-refractivity contribution in [3.63, 3.8) is 0 Å². The lowest BCUT2D eigenvalue weighted by molar-refractivity contribution is -0.0174. The van der Waals surface area contributed by atoms with E-state index >= 15 is 0 Å². The van der Waals surface area contributed by atoms with E-state index in [1.807, 2.05) is 62.6 Å². The maximum absolute atomic E-state index is 12.7. The molecule has 0 spiro atoms. The molecule has 6 rings (SSSR count). The monoisotopic (exact) mass is 571 g/mol. The molecule has 2 amide bonds. The van der Waals surface area contributed by atoms with Gasteiger partial charge in [0, 0.05) is 49.2 Å². The van der Waals surface area contributed by atoms with Crippen molar-refractivity contribution in [3.8, 4) is 11.4 Å². The fourth-order valence-electron chi connectivity index (χ4n) is 6.05. The molecule has 2 N–H and O–H groups in total. The van der Waals surface area contributed by atoms with Gasteiger partial charge in [0.2, 0.25) is 0 Å². The van der Waals surface area contributed by atoms with Crippen molar-refractivity contribution in [1.29, 1.82) is 0 Å². The van der Waals surface area contributed by atoms with Gasteiger partial charge in [-0.25, -0.2) is 14.8 Å². The lowest BCUT2D eigenvalue weighted by atomic mass is 10.1. The molecule has 3 saturated heterocycles. The van der Waals surface area contributed by atoms with Gasteiger partial charge in [0.25, 0.3) is 0 Å². The van der Waals surface area contributed by atoms with E-state index in [0.29, 0.717) is 17.6 Å². The summed E-state index contributed by atoms with van der Waals surface area (Å²) in [6, 6.07) is 17.8. The molecule has 10 heteroatoms. The van der Waals surface area contributed by atoms with Crippen LogP contribution in [0.4, 0.5) is 27.8 Å². The second-order valence-corrected chi connectivity index (χ2v) is 11.9. The molecule has 0 saturated carbocycles. The van der Waals surface area contributed by atoms with Crippen LogP contribution in [0.15, 0.2) is 54.6 Å². The van der Waals surface area contributed by atoms with Crippen LogP contribution in [0.3, 0.4) is 0 Å². The molecule has 2 bridgehead atoms. The number of amides is 2. The number of morpholine rings is 2. The number of carbonyl (C=O) groups is 1. The lowest BCUT2D eigenvalue weighted by Gasteiger charge is -2.38. The summed E-state index contributed by atoms with van der Waals surface area (Å²) in [7, 11) is 4.07. The van der Waals surface area contributed by atoms with Crippen LogP contribution in [0.2, 0.25) is 0 Å². The first-order valence-corrected chi connectivity index (χ1v) is 14.9. The molecule has 2 aromatic carbocycles. The zero-order valence-electron chi connectivity index (χ0n) is 24.9. The Labute approximate surface area is 248 Å². The summed E-state index contributed by atoms with van der Waals surface area (Å²) in [5.41, 5.74) is 3.52. The molecule has 4 heterocycles. The number of anilines is 4. The Morgan fingerprint density at radius 3 is 2.29 bits per heavy atom. The highest BCUT2D eigenvalue weighted by atomic mass is 16.5. The number of benzene rings is 2. The van der Waals surface area contributed by atoms with E-state index in [2.05, 4.69) is 45.2 Å². The van der Waals surface area contributed by atoms with Crippen molar-refractivity contribution in [1.82, 2.24) is 14.9 Å². The van der Waals surface area contributed by atoms with Crippen LogP contribution >= 0.6 is 0 Å². The fourth-order valence-corrected chi connectivity index (χ4v) is 6.05. The van der Waals surface area contributed by atoms with E-state index in [-0.39, 0.29) is 24.3 Å². The zero-order chi connectivity index (χ0) is 29.2. The topological polar surface area (TPSA) is 95.1 Å². The molecule has 42 heavy (non-hydrogen) atoms. The Balaban J connectivity index is 1.19. The number of hydrogen-bond donors (Lipinski definition) is 2. The van der Waals surface area contributed by atoms with Gasteiger partial charge in [-0.1, -0.05) is 19.1 Å². The standard InChI is InChI=1S/C32H41N7O3/c1-5-27-18-38(16-21(2)42-27)29-15-30(39-19-28-14-26(39)20-41-28)36-31(35-29)23-8-12-25(13-9-23)34-32(40)33-24-10-6-22(7-11-24)17-37(3)4/h6-13,15,21,26-28H,5,14,16-20H2,1-4H3,(H2,33,34,40)/t21?,26-,27?,28-/m0/s1. The van der Waals surface area contributed by atoms with Crippen LogP contribution in [0.5, 0.6) is 0 Å². The van der Waals surface area contributed by atoms with Crippen molar-refractivity contribution in [3.05, 3.63) is 60.2 Å². The highest BCUT2D eigenvalue weighted by molar-refractivity contribution is 5.99. The first-order valence-electron chi connectivity index (χ1n) is 14.9. The van der Waals surface area contributed by atoms with Crippen LogP contribution in [0.1, 0.15) is 32.3 Å². The molecular weight excluding hydrogens is 530 g/mol. The van der Waals surface area contributed by atoms with E-state index in [1.54, 1.807) is 0 Å². The summed E-state index contributed by atoms with van der Waals surface area (Å²) in [6.07, 6.45) is 2.60. The quantitative estimate of drug-likeness (QED) is 0.397. The van der Waals surface area contributed by atoms with Gasteiger partial charge in [-0.05, 0) is 75.8 Å². The largest absolute Gasteiger partial charge is 0.374 e. The molecule has 2 unspecified atom stereocenters. The highest BCUT2D eigenvalue weighted by Crippen LogP contribution is 2.35. The van der Waals surface area contributed by atoms with Gasteiger partial charge >= 0.3 is 6.03 Å². The van der Waals surface area contributed by atoms with Crippen molar-refractivity contribution in [2.24, 2.45) is 0 Å². The van der Waals surface area contributed by atoms with E-state index in [4.69, 9.17) is 19.4 Å². The number of rotatable bonds is 8. The molecule has 3 aliphatic rings. The number of ether oxygens (including phenoxy) is 2. The predicted octanol–water partition coefficient (Wildman–Crippen LogP) is 4.83. The third-order valence-electron chi connectivity index (χ3n) is 8.11. The Morgan fingerprint density at radius 2 is 1.67 bits per heavy atom. The smallest absolute Gasteiger partial charge is 0.323 e. The Bertz CT molecular complexity index is 1380. The molecule has 3 aliphatic heterocycles. The molecule has 3 aromatic rings. The number of carbonyl (C=O) groups excluding carboxylic acids is 1. The molecular formula is C32H41N7O3. The Hall–Kier alpha value is -3.73. The molecule has 222 valence electrons. The SMILES string of the molecule is CCC1CN(c2cc(N3C[C@@H]4C[C@H]3CO4)nc(-c3ccc(NC(=O)Nc4ccc(CN(C)C)cc4)cc3)n2)CC(C)O1. The summed E-state index contributed by atoms with van der Waals surface area (Å²) in [5.74, 6) is 2.54. The predicted molar refractivity (Wildman–Crippen MR) is 166 cm³/mol. The molecule has 4 atom stereocenters. The number of aromatic nitrogens is 2. The van der Waals surface area contributed by atoms with Gasteiger partial charge in [-0.3, -0.25) is 0 Å². The minimum absolute atomic E-state index is 0.134. The van der Waals surface area contributed by atoms with Gasteiger partial charge in [-0.15, -0.1) is 0 Å². The number of nitrogens with one attached hydrogen (secondary N) is 2. The van der Waals surface area contributed by atoms with Crippen molar-refractivity contribution in [2.45, 2.75) is 57.6 Å². The number of fused-ring (bicyclic) bond motifs is 2. The van der Waals surface area contributed by atoms with Gasteiger partial charge in [0.05, 0.1) is 31.0 Å². The first-order chi connectivity index (χ1) is 20.3. The summed E-state index contributed by atoms with van der Waals surface area (Å²) >= 11 is 0. The van der Waals surface area contributed by atoms with Crippen LogP contribution in [-0.2, 0) is 16.0 Å². The average Bonchev–Trinajstić information content (AvgIpc) is 3.62.